The number of aromatic hydroxyl groups is 1. The van der Waals surface area contributed by atoms with Gasteiger partial charge in [0.05, 0.1) is 29.1 Å². The quantitative estimate of drug-likeness (QED) is 0.709. The van der Waals surface area contributed by atoms with Gasteiger partial charge in [0, 0.05) is 20.1 Å². The van der Waals surface area contributed by atoms with Crippen molar-refractivity contribution < 1.29 is 24.2 Å². The molecule has 1 aromatic carbocycles. The molecule has 0 spiro atoms. The maximum Gasteiger partial charge on any atom is 0.309 e. The fourth-order valence-corrected chi connectivity index (χ4v) is 3.68. The van der Waals surface area contributed by atoms with Gasteiger partial charge in [-0.3, -0.25) is 14.4 Å². The normalized spacial score (nSPS) is 14.7. The molecule has 1 fully saturated rings. The van der Waals surface area contributed by atoms with Crippen LogP contribution in [-0.4, -0.2) is 66.0 Å². The van der Waals surface area contributed by atoms with E-state index >= 15 is 0 Å². The minimum absolute atomic E-state index is 0.0894. The number of ether oxygens (including phenoxy) is 1. The Balaban J connectivity index is 1.94. The highest BCUT2D eigenvalue weighted by Crippen LogP contribution is 2.30. The molecule has 148 valence electrons. The van der Waals surface area contributed by atoms with Crippen LogP contribution >= 0.6 is 15.9 Å². The number of hydrogen-bond donors (Lipinski definition) is 1. The highest BCUT2D eigenvalue weighted by Gasteiger charge is 2.29. The second-order valence-corrected chi connectivity index (χ2v) is 7.57. The summed E-state index contributed by atoms with van der Waals surface area (Å²) in [6.45, 7) is 4.78. The zero-order valence-corrected chi connectivity index (χ0v) is 17.4. The first kappa shape index (κ1) is 21.2. The van der Waals surface area contributed by atoms with Crippen molar-refractivity contribution in [1.82, 2.24) is 9.80 Å². The van der Waals surface area contributed by atoms with Gasteiger partial charge in [0.1, 0.15) is 5.75 Å². The van der Waals surface area contributed by atoms with Gasteiger partial charge in [-0.2, -0.15) is 0 Å². The number of carbonyl (C=O) groups excluding carboxylic acids is 3. The van der Waals surface area contributed by atoms with Crippen molar-refractivity contribution in [3.63, 3.8) is 0 Å². The number of likely N-dealkylation sites (N-methyl/N-ethyl adjacent to an activating group) is 1. The van der Waals surface area contributed by atoms with Crippen molar-refractivity contribution in [3.05, 3.63) is 27.7 Å². The van der Waals surface area contributed by atoms with Crippen LogP contribution in [0.4, 0.5) is 0 Å². The molecular weight excluding hydrogens is 416 g/mol. The number of likely N-dealkylation sites (tertiary alicyclic amines) is 1. The number of benzene rings is 1. The summed E-state index contributed by atoms with van der Waals surface area (Å²) in [5, 5.41) is 10.1. The summed E-state index contributed by atoms with van der Waals surface area (Å²) in [6, 6.07) is 3.30. The Kier molecular flexibility index (Phi) is 7.24. The van der Waals surface area contributed by atoms with Crippen LogP contribution < -0.4 is 0 Å². The van der Waals surface area contributed by atoms with E-state index in [1.165, 1.54) is 11.9 Å². The third-order valence-electron chi connectivity index (χ3n) is 4.62. The van der Waals surface area contributed by atoms with Gasteiger partial charge in [0.2, 0.25) is 5.91 Å². The number of carbonyl (C=O) groups is 3. The number of halogens is 1. The summed E-state index contributed by atoms with van der Waals surface area (Å²) in [7, 11) is 1.53. The SMILES string of the molecule is CCOC(=O)C1CCN(C(=O)CN(C)C(=O)c2cc(C)cc(Br)c2O)CC1. The van der Waals surface area contributed by atoms with E-state index in [0.717, 1.165) is 5.56 Å². The molecule has 2 amide bonds. The molecule has 27 heavy (non-hydrogen) atoms. The van der Waals surface area contributed by atoms with E-state index in [1.807, 2.05) is 6.92 Å². The summed E-state index contributed by atoms with van der Waals surface area (Å²) >= 11 is 3.22. The zero-order chi connectivity index (χ0) is 20.1. The Hall–Kier alpha value is -2.09. The van der Waals surface area contributed by atoms with Crippen molar-refractivity contribution in [3.8, 4) is 5.75 Å². The number of nitrogens with zero attached hydrogens (tertiary/aromatic N) is 2. The summed E-state index contributed by atoms with van der Waals surface area (Å²) < 4.78 is 5.47. The van der Waals surface area contributed by atoms with Crippen molar-refractivity contribution >= 4 is 33.7 Å². The summed E-state index contributed by atoms with van der Waals surface area (Å²) in [5.74, 6) is -1.13. The number of amides is 2. The summed E-state index contributed by atoms with van der Waals surface area (Å²) in [6.07, 6.45) is 1.13. The number of aryl methyl sites for hydroxylation is 1. The summed E-state index contributed by atoms with van der Waals surface area (Å²) in [4.78, 5) is 39.9. The maximum absolute atomic E-state index is 12.6. The Labute approximate surface area is 167 Å². The minimum Gasteiger partial charge on any atom is -0.506 e. The molecular formula is C19H25BrN2O5. The predicted octanol–water partition coefficient (Wildman–Crippen LogP) is 2.34. The van der Waals surface area contributed by atoms with E-state index in [0.29, 0.717) is 37.0 Å². The van der Waals surface area contributed by atoms with Gasteiger partial charge < -0.3 is 19.6 Å². The van der Waals surface area contributed by atoms with Crippen LogP contribution in [0.25, 0.3) is 0 Å². The fraction of sp³-hybridized carbons (Fsp3) is 0.526. The van der Waals surface area contributed by atoms with Gasteiger partial charge in [-0.25, -0.2) is 0 Å². The largest absolute Gasteiger partial charge is 0.506 e. The van der Waals surface area contributed by atoms with Crippen LogP contribution in [0.3, 0.4) is 0 Å². The zero-order valence-electron chi connectivity index (χ0n) is 15.8. The van der Waals surface area contributed by atoms with E-state index in [9.17, 15) is 19.5 Å². The standard InChI is InChI=1S/C19H25BrN2O5/c1-4-27-19(26)13-5-7-22(8-6-13)16(23)11-21(3)18(25)14-9-12(2)10-15(20)17(14)24/h9-10,13,24H,4-8,11H2,1-3H3. The number of esters is 1. The van der Waals surface area contributed by atoms with Gasteiger partial charge in [0.15, 0.2) is 0 Å². The smallest absolute Gasteiger partial charge is 0.309 e. The molecule has 0 aromatic heterocycles. The van der Waals surface area contributed by atoms with Crippen LogP contribution in [0.2, 0.25) is 0 Å². The molecule has 1 aliphatic rings. The van der Waals surface area contributed by atoms with Gasteiger partial charge in [-0.15, -0.1) is 0 Å². The second-order valence-electron chi connectivity index (χ2n) is 6.71. The number of phenols is 1. The Bertz CT molecular complexity index is 729. The second kappa shape index (κ2) is 9.21. The van der Waals surface area contributed by atoms with E-state index in [1.54, 1.807) is 24.0 Å². The molecule has 1 aromatic rings. The Morgan fingerprint density at radius 3 is 2.52 bits per heavy atom. The van der Waals surface area contributed by atoms with Crippen LogP contribution in [0.1, 0.15) is 35.7 Å². The van der Waals surface area contributed by atoms with Crippen LogP contribution in [-0.2, 0) is 14.3 Å². The molecule has 1 saturated heterocycles. The van der Waals surface area contributed by atoms with Gasteiger partial charge in [0.25, 0.3) is 5.91 Å². The number of phenolic OH excluding ortho intramolecular Hbond substituents is 1. The van der Waals surface area contributed by atoms with Crippen molar-refractivity contribution in [2.24, 2.45) is 5.92 Å². The molecule has 0 radical (unpaired) electrons. The number of rotatable bonds is 5. The molecule has 8 heteroatoms. The molecule has 0 unspecified atom stereocenters. The first-order valence-corrected chi connectivity index (χ1v) is 9.72. The average Bonchev–Trinajstić information content (AvgIpc) is 2.64. The molecule has 0 aliphatic carbocycles. The highest BCUT2D eigenvalue weighted by molar-refractivity contribution is 9.10. The Morgan fingerprint density at radius 1 is 1.30 bits per heavy atom. The minimum atomic E-state index is -0.424. The van der Waals surface area contributed by atoms with Crippen molar-refractivity contribution in [2.75, 3.05) is 33.3 Å². The first-order valence-electron chi connectivity index (χ1n) is 8.93. The molecule has 2 rings (SSSR count). The van der Waals surface area contributed by atoms with Crippen LogP contribution in [0.5, 0.6) is 5.75 Å². The summed E-state index contributed by atoms with van der Waals surface area (Å²) in [5.41, 5.74) is 0.974. The van der Waals surface area contributed by atoms with Crippen molar-refractivity contribution in [1.29, 1.82) is 0 Å². The van der Waals surface area contributed by atoms with Crippen LogP contribution in [0, 0.1) is 12.8 Å². The monoisotopic (exact) mass is 440 g/mol. The Morgan fingerprint density at radius 2 is 1.93 bits per heavy atom. The lowest BCUT2D eigenvalue weighted by atomic mass is 9.97. The molecule has 1 heterocycles. The number of piperidine rings is 1. The van der Waals surface area contributed by atoms with Crippen LogP contribution in [0.15, 0.2) is 16.6 Å². The molecule has 7 nitrogen and oxygen atoms in total. The van der Waals surface area contributed by atoms with E-state index in [-0.39, 0.29) is 35.7 Å². The van der Waals surface area contributed by atoms with E-state index < -0.39 is 5.91 Å². The number of hydrogen-bond acceptors (Lipinski definition) is 5. The average molecular weight is 441 g/mol. The topological polar surface area (TPSA) is 87.2 Å². The molecule has 0 saturated carbocycles. The lowest BCUT2D eigenvalue weighted by Crippen LogP contribution is -2.45. The van der Waals surface area contributed by atoms with Gasteiger partial charge in [-0.1, -0.05) is 0 Å². The molecule has 1 N–H and O–H groups in total. The lowest BCUT2D eigenvalue weighted by molar-refractivity contribution is -0.151. The molecule has 0 atom stereocenters. The molecule has 0 bridgehead atoms. The highest BCUT2D eigenvalue weighted by atomic mass is 79.9. The van der Waals surface area contributed by atoms with Gasteiger partial charge in [-0.05, 0) is 60.3 Å². The third kappa shape index (κ3) is 5.22. The molecule has 1 aliphatic heterocycles. The van der Waals surface area contributed by atoms with E-state index in [2.05, 4.69) is 15.9 Å². The third-order valence-corrected chi connectivity index (χ3v) is 5.23. The van der Waals surface area contributed by atoms with Gasteiger partial charge >= 0.3 is 5.97 Å². The maximum atomic E-state index is 12.6. The fourth-order valence-electron chi connectivity index (χ4n) is 3.10. The first-order chi connectivity index (χ1) is 12.7. The predicted molar refractivity (Wildman–Crippen MR) is 103 cm³/mol. The lowest BCUT2D eigenvalue weighted by Gasteiger charge is -2.32. The van der Waals surface area contributed by atoms with Crippen molar-refractivity contribution in [2.45, 2.75) is 26.7 Å². The van der Waals surface area contributed by atoms with E-state index in [4.69, 9.17) is 4.74 Å².